The van der Waals surface area contributed by atoms with Gasteiger partial charge in [-0.2, -0.15) is 0 Å². The van der Waals surface area contributed by atoms with Crippen LogP contribution in [-0.4, -0.2) is 17.0 Å². The van der Waals surface area contributed by atoms with Crippen molar-refractivity contribution in [3.63, 3.8) is 0 Å². The highest BCUT2D eigenvalue weighted by Gasteiger charge is 2.31. The van der Waals surface area contributed by atoms with E-state index in [9.17, 15) is 9.59 Å². The van der Waals surface area contributed by atoms with E-state index in [0.717, 1.165) is 17.5 Å². The van der Waals surface area contributed by atoms with Gasteiger partial charge in [-0.15, -0.1) is 0 Å². The predicted octanol–water partition coefficient (Wildman–Crippen LogP) is 2.97. The van der Waals surface area contributed by atoms with Crippen LogP contribution in [0.15, 0.2) is 42.5 Å². The van der Waals surface area contributed by atoms with Crippen molar-refractivity contribution in [3.05, 3.63) is 64.7 Å². The van der Waals surface area contributed by atoms with Crippen LogP contribution in [0.5, 0.6) is 0 Å². The van der Waals surface area contributed by atoms with Gasteiger partial charge in [0, 0.05) is 5.69 Å². The lowest BCUT2D eigenvalue weighted by Crippen LogP contribution is -2.30. The van der Waals surface area contributed by atoms with Gasteiger partial charge in [0.15, 0.2) is 0 Å². The smallest absolute Gasteiger partial charge is 0.335 e. The minimum absolute atomic E-state index is 0.0839. The van der Waals surface area contributed by atoms with E-state index in [1.807, 2.05) is 31.2 Å². The van der Waals surface area contributed by atoms with Crippen molar-refractivity contribution in [1.82, 2.24) is 0 Å². The molecule has 0 spiro atoms. The van der Waals surface area contributed by atoms with Gasteiger partial charge in [0.25, 0.3) is 0 Å². The molecule has 0 bridgehead atoms. The molecule has 1 unspecified atom stereocenters. The third-order valence-electron chi connectivity index (χ3n) is 3.91. The van der Waals surface area contributed by atoms with Gasteiger partial charge in [-0.05, 0) is 42.2 Å². The number of benzene rings is 2. The monoisotopic (exact) mass is 281 g/mol. The van der Waals surface area contributed by atoms with E-state index in [1.165, 1.54) is 17.7 Å². The van der Waals surface area contributed by atoms with E-state index >= 15 is 0 Å². The second-order valence-corrected chi connectivity index (χ2v) is 5.28. The third-order valence-corrected chi connectivity index (χ3v) is 3.91. The Morgan fingerprint density at radius 3 is 2.67 bits per heavy atom. The summed E-state index contributed by atoms with van der Waals surface area (Å²) in [5.74, 6) is -1.23. The van der Waals surface area contributed by atoms with Crippen LogP contribution >= 0.6 is 0 Å². The number of aromatic carboxylic acids is 1. The lowest BCUT2D eigenvalue weighted by Gasteiger charge is -2.29. The lowest BCUT2D eigenvalue weighted by atomic mass is 9.77. The van der Waals surface area contributed by atoms with Crippen molar-refractivity contribution >= 4 is 17.6 Å². The first-order chi connectivity index (χ1) is 10.1. The van der Waals surface area contributed by atoms with Crippen LogP contribution in [-0.2, 0) is 11.2 Å². The molecule has 0 saturated heterocycles. The molecule has 1 amide bonds. The fourth-order valence-electron chi connectivity index (χ4n) is 2.60. The average Bonchev–Trinajstić information content (AvgIpc) is 2.42. The zero-order valence-electron chi connectivity index (χ0n) is 11.6. The first-order valence-corrected chi connectivity index (χ1v) is 6.79. The van der Waals surface area contributed by atoms with E-state index < -0.39 is 5.97 Å². The SMILES string of the molecule is Cc1ccc(C(=O)O)cc1NC(=O)C1Cc2ccccc21. The van der Waals surface area contributed by atoms with Crippen LogP contribution in [0.1, 0.15) is 33.0 Å². The van der Waals surface area contributed by atoms with Crippen molar-refractivity contribution in [2.75, 3.05) is 5.32 Å². The topological polar surface area (TPSA) is 66.4 Å². The third kappa shape index (κ3) is 2.40. The van der Waals surface area contributed by atoms with Gasteiger partial charge in [-0.1, -0.05) is 30.3 Å². The molecule has 3 rings (SSSR count). The van der Waals surface area contributed by atoms with Crippen LogP contribution in [0.3, 0.4) is 0 Å². The Morgan fingerprint density at radius 1 is 1.19 bits per heavy atom. The zero-order valence-corrected chi connectivity index (χ0v) is 11.6. The molecular formula is C17H15NO3. The number of carboxylic acids is 1. The van der Waals surface area contributed by atoms with Gasteiger partial charge in [0.1, 0.15) is 0 Å². The summed E-state index contributed by atoms with van der Waals surface area (Å²) in [6, 6.07) is 12.6. The summed E-state index contributed by atoms with van der Waals surface area (Å²) in [5, 5.41) is 11.9. The van der Waals surface area contributed by atoms with Crippen molar-refractivity contribution in [1.29, 1.82) is 0 Å². The summed E-state index contributed by atoms with van der Waals surface area (Å²) in [6.07, 6.45) is 0.736. The molecular weight excluding hydrogens is 266 g/mol. The normalized spacial score (nSPS) is 15.8. The Labute approximate surface area is 122 Å². The molecule has 1 aliphatic rings. The second-order valence-electron chi connectivity index (χ2n) is 5.28. The summed E-state index contributed by atoms with van der Waals surface area (Å²) < 4.78 is 0. The Bertz CT molecular complexity index is 737. The minimum atomic E-state index is -1.00. The molecule has 0 heterocycles. The van der Waals surface area contributed by atoms with E-state index in [-0.39, 0.29) is 17.4 Å². The van der Waals surface area contributed by atoms with Crippen LogP contribution in [0.2, 0.25) is 0 Å². The van der Waals surface area contributed by atoms with Crippen molar-refractivity contribution in [3.8, 4) is 0 Å². The van der Waals surface area contributed by atoms with Crippen molar-refractivity contribution in [2.45, 2.75) is 19.3 Å². The standard InChI is InChI=1S/C17H15NO3/c1-10-6-7-12(17(20)21)9-15(10)18-16(19)14-8-11-4-2-3-5-13(11)14/h2-7,9,14H,8H2,1H3,(H,18,19)(H,20,21). The number of hydrogen-bond acceptors (Lipinski definition) is 2. The highest BCUT2D eigenvalue weighted by atomic mass is 16.4. The van der Waals surface area contributed by atoms with Gasteiger partial charge in [-0.25, -0.2) is 4.79 Å². The number of hydrogen-bond donors (Lipinski definition) is 2. The molecule has 106 valence electrons. The Balaban J connectivity index is 1.80. The summed E-state index contributed by atoms with van der Waals surface area (Å²) in [7, 11) is 0. The molecule has 0 saturated carbocycles. The molecule has 0 radical (unpaired) electrons. The first kappa shape index (κ1) is 13.4. The summed E-state index contributed by atoms with van der Waals surface area (Å²) in [4.78, 5) is 23.3. The van der Waals surface area contributed by atoms with E-state index in [1.54, 1.807) is 6.07 Å². The molecule has 1 atom stereocenters. The summed E-state index contributed by atoms with van der Waals surface area (Å²) >= 11 is 0. The Morgan fingerprint density at radius 2 is 1.95 bits per heavy atom. The van der Waals surface area contributed by atoms with E-state index in [2.05, 4.69) is 5.32 Å². The number of aryl methyl sites for hydroxylation is 1. The summed E-state index contributed by atoms with van der Waals surface area (Å²) in [5.41, 5.74) is 3.84. The van der Waals surface area contributed by atoms with Gasteiger partial charge in [0.05, 0.1) is 11.5 Å². The molecule has 4 nitrogen and oxygen atoms in total. The maximum absolute atomic E-state index is 12.3. The minimum Gasteiger partial charge on any atom is -0.478 e. The zero-order chi connectivity index (χ0) is 15.0. The molecule has 0 fully saturated rings. The quantitative estimate of drug-likeness (QED) is 0.909. The van der Waals surface area contributed by atoms with Gasteiger partial charge in [0.2, 0.25) is 5.91 Å². The molecule has 2 aromatic carbocycles. The van der Waals surface area contributed by atoms with E-state index in [4.69, 9.17) is 5.11 Å². The highest BCUT2D eigenvalue weighted by Crippen LogP contribution is 2.35. The van der Waals surface area contributed by atoms with E-state index in [0.29, 0.717) is 5.69 Å². The van der Waals surface area contributed by atoms with Crippen LogP contribution in [0.25, 0.3) is 0 Å². The number of rotatable bonds is 3. The number of nitrogens with one attached hydrogen (secondary N) is 1. The number of fused-ring (bicyclic) bond motifs is 1. The maximum Gasteiger partial charge on any atom is 0.335 e. The van der Waals surface area contributed by atoms with Crippen molar-refractivity contribution in [2.24, 2.45) is 0 Å². The highest BCUT2D eigenvalue weighted by molar-refractivity contribution is 5.99. The van der Waals surface area contributed by atoms with Crippen LogP contribution < -0.4 is 5.32 Å². The first-order valence-electron chi connectivity index (χ1n) is 6.79. The van der Waals surface area contributed by atoms with Crippen LogP contribution in [0.4, 0.5) is 5.69 Å². The average molecular weight is 281 g/mol. The molecule has 0 aliphatic heterocycles. The predicted molar refractivity (Wildman–Crippen MR) is 79.7 cm³/mol. The number of carbonyl (C=O) groups is 2. The van der Waals surface area contributed by atoms with Gasteiger partial charge >= 0.3 is 5.97 Å². The number of carboxylic acid groups (broad SMARTS) is 1. The number of anilines is 1. The van der Waals surface area contributed by atoms with Gasteiger partial charge in [-0.3, -0.25) is 4.79 Å². The fraction of sp³-hybridized carbons (Fsp3) is 0.176. The molecule has 21 heavy (non-hydrogen) atoms. The number of amides is 1. The Hall–Kier alpha value is -2.62. The molecule has 1 aliphatic carbocycles. The largest absolute Gasteiger partial charge is 0.478 e. The molecule has 2 aromatic rings. The van der Waals surface area contributed by atoms with Gasteiger partial charge < -0.3 is 10.4 Å². The fourth-order valence-corrected chi connectivity index (χ4v) is 2.60. The maximum atomic E-state index is 12.3. The second kappa shape index (κ2) is 5.05. The molecule has 4 heteroatoms. The Kier molecular flexibility index (Phi) is 3.22. The molecule has 2 N–H and O–H groups in total. The number of carbonyl (C=O) groups excluding carboxylic acids is 1. The lowest BCUT2D eigenvalue weighted by molar-refractivity contribution is -0.118. The summed E-state index contributed by atoms with van der Waals surface area (Å²) in [6.45, 7) is 1.84. The molecule has 0 aromatic heterocycles. The van der Waals surface area contributed by atoms with Crippen LogP contribution in [0, 0.1) is 6.92 Å². The van der Waals surface area contributed by atoms with Crippen molar-refractivity contribution < 1.29 is 14.7 Å².